The van der Waals surface area contributed by atoms with Crippen molar-refractivity contribution < 1.29 is 4.74 Å². The molecule has 2 rings (SSSR count). The van der Waals surface area contributed by atoms with Crippen LogP contribution in [0.3, 0.4) is 0 Å². The van der Waals surface area contributed by atoms with Crippen molar-refractivity contribution in [1.29, 1.82) is 0 Å². The minimum absolute atomic E-state index is 0.0242. The van der Waals surface area contributed by atoms with Crippen molar-refractivity contribution in [1.82, 2.24) is 24.9 Å². The van der Waals surface area contributed by atoms with Crippen LogP contribution in [-0.2, 0) is 14.1 Å². The van der Waals surface area contributed by atoms with Gasteiger partial charge in [-0.3, -0.25) is 9.36 Å². The van der Waals surface area contributed by atoms with Crippen molar-refractivity contribution in [2.75, 3.05) is 13.7 Å². The minimum Gasteiger partial charge on any atom is -0.493 e. The number of methoxy groups -OCH3 is 1. The van der Waals surface area contributed by atoms with Gasteiger partial charge in [-0.05, 0) is 20.4 Å². The van der Waals surface area contributed by atoms with Gasteiger partial charge in [0.15, 0.2) is 5.75 Å². The number of hydrogen-bond acceptors (Lipinski definition) is 4. The van der Waals surface area contributed by atoms with E-state index in [-0.39, 0.29) is 6.04 Å². The van der Waals surface area contributed by atoms with Gasteiger partial charge in [0.05, 0.1) is 25.0 Å². The van der Waals surface area contributed by atoms with Crippen LogP contribution in [0.25, 0.3) is 0 Å². The van der Waals surface area contributed by atoms with E-state index in [2.05, 4.69) is 29.4 Å². The first-order chi connectivity index (χ1) is 9.51. The lowest BCUT2D eigenvalue weighted by Gasteiger charge is -2.20. The lowest BCUT2D eigenvalue weighted by atomic mass is 10.0. The quantitative estimate of drug-likeness (QED) is 0.899. The van der Waals surface area contributed by atoms with Gasteiger partial charge in [0.25, 0.3) is 0 Å². The summed E-state index contributed by atoms with van der Waals surface area (Å²) in [6.07, 6.45) is 1.75. The lowest BCUT2D eigenvalue weighted by Crippen LogP contribution is -2.25. The van der Waals surface area contributed by atoms with Crippen LogP contribution in [0.4, 0.5) is 0 Å². The third kappa shape index (κ3) is 2.31. The third-order valence-corrected chi connectivity index (χ3v) is 3.70. The smallest absolute Gasteiger partial charge is 0.161 e. The van der Waals surface area contributed by atoms with Crippen molar-refractivity contribution in [3.63, 3.8) is 0 Å². The van der Waals surface area contributed by atoms with E-state index in [1.165, 1.54) is 5.56 Å². The molecule has 0 bridgehead atoms. The molecular formula is C14H23N5O. The summed E-state index contributed by atoms with van der Waals surface area (Å²) in [6.45, 7) is 7.07. The molecule has 0 spiro atoms. The Morgan fingerprint density at radius 1 is 1.30 bits per heavy atom. The lowest BCUT2D eigenvalue weighted by molar-refractivity contribution is 0.401. The molecular weight excluding hydrogens is 254 g/mol. The number of aryl methyl sites for hydroxylation is 3. The van der Waals surface area contributed by atoms with Crippen molar-refractivity contribution in [3.05, 3.63) is 28.8 Å². The fraction of sp³-hybridized carbons (Fsp3) is 0.571. The summed E-state index contributed by atoms with van der Waals surface area (Å²) in [7, 11) is 5.57. The number of nitrogens with zero attached hydrogens (tertiary/aromatic N) is 4. The highest BCUT2D eigenvalue weighted by molar-refractivity contribution is 5.40. The Kier molecular flexibility index (Phi) is 4.13. The van der Waals surface area contributed by atoms with E-state index in [1.54, 1.807) is 13.3 Å². The summed E-state index contributed by atoms with van der Waals surface area (Å²) in [6, 6.07) is 0.0242. The van der Waals surface area contributed by atoms with Crippen LogP contribution in [-0.4, -0.2) is 33.2 Å². The molecule has 110 valence electrons. The maximum Gasteiger partial charge on any atom is 0.161 e. The van der Waals surface area contributed by atoms with Crippen LogP contribution in [0, 0.1) is 13.8 Å². The van der Waals surface area contributed by atoms with E-state index in [4.69, 9.17) is 4.74 Å². The maximum atomic E-state index is 5.45. The topological polar surface area (TPSA) is 56.9 Å². The summed E-state index contributed by atoms with van der Waals surface area (Å²) in [4.78, 5) is 0. The van der Waals surface area contributed by atoms with Crippen LogP contribution < -0.4 is 10.1 Å². The van der Waals surface area contributed by atoms with Gasteiger partial charge in [0, 0.05) is 25.4 Å². The highest BCUT2D eigenvalue weighted by Gasteiger charge is 2.26. The zero-order valence-corrected chi connectivity index (χ0v) is 13.1. The molecule has 0 aliphatic rings. The molecule has 0 saturated carbocycles. The fourth-order valence-corrected chi connectivity index (χ4v) is 2.66. The Hall–Kier alpha value is -1.82. The molecule has 0 aromatic carbocycles. The van der Waals surface area contributed by atoms with Crippen LogP contribution in [0.2, 0.25) is 0 Å². The van der Waals surface area contributed by atoms with E-state index >= 15 is 0 Å². The van der Waals surface area contributed by atoms with E-state index in [1.807, 2.05) is 30.4 Å². The molecule has 0 saturated heterocycles. The molecule has 2 aromatic heterocycles. The van der Waals surface area contributed by atoms with Gasteiger partial charge in [-0.2, -0.15) is 10.2 Å². The number of hydrogen-bond donors (Lipinski definition) is 1. The first-order valence-electron chi connectivity index (χ1n) is 6.80. The van der Waals surface area contributed by atoms with Gasteiger partial charge in [-0.25, -0.2) is 0 Å². The summed E-state index contributed by atoms with van der Waals surface area (Å²) in [5.74, 6) is 0.793. The van der Waals surface area contributed by atoms with E-state index in [0.717, 1.165) is 29.4 Å². The molecule has 1 unspecified atom stereocenters. The summed E-state index contributed by atoms with van der Waals surface area (Å²) < 4.78 is 9.22. The van der Waals surface area contributed by atoms with Gasteiger partial charge >= 0.3 is 0 Å². The molecule has 1 atom stereocenters. The summed E-state index contributed by atoms with van der Waals surface area (Å²) >= 11 is 0. The average Bonchev–Trinajstić information content (AvgIpc) is 2.89. The largest absolute Gasteiger partial charge is 0.493 e. The number of nitrogens with one attached hydrogen (secondary N) is 1. The van der Waals surface area contributed by atoms with E-state index < -0.39 is 0 Å². The Bertz CT molecular complexity index is 599. The van der Waals surface area contributed by atoms with Crippen LogP contribution >= 0.6 is 0 Å². The average molecular weight is 277 g/mol. The van der Waals surface area contributed by atoms with Gasteiger partial charge in [0.1, 0.15) is 5.69 Å². The van der Waals surface area contributed by atoms with Gasteiger partial charge < -0.3 is 10.1 Å². The Morgan fingerprint density at radius 3 is 2.50 bits per heavy atom. The number of aromatic nitrogens is 4. The molecule has 2 heterocycles. The van der Waals surface area contributed by atoms with Crippen molar-refractivity contribution >= 4 is 0 Å². The predicted molar refractivity (Wildman–Crippen MR) is 78.0 cm³/mol. The fourth-order valence-electron chi connectivity index (χ4n) is 2.66. The second-order valence-corrected chi connectivity index (χ2v) is 4.92. The van der Waals surface area contributed by atoms with E-state index in [0.29, 0.717) is 0 Å². The Balaban J connectivity index is 2.59. The first-order valence-corrected chi connectivity index (χ1v) is 6.80. The predicted octanol–water partition coefficient (Wildman–Crippen LogP) is 1.48. The molecule has 2 aromatic rings. The SMILES string of the molecule is CCNC(c1c(C)nn(C)c1C)c1c(OC)cnn1C. The Morgan fingerprint density at radius 2 is 2.00 bits per heavy atom. The van der Waals surface area contributed by atoms with Crippen LogP contribution in [0.1, 0.15) is 35.6 Å². The van der Waals surface area contributed by atoms with E-state index in [9.17, 15) is 0 Å². The summed E-state index contributed by atoms with van der Waals surface area (Å²) in [5.41, 5.74) is 4.39. The normalized spacial score (nSPS) is 12.7. The van der Waals surface area contributed by atoms with Crippen LogP contribution in [0.15, 0.2) is 6.20 Å². The molecule has 20 heavy (non-hydrogen) atoms. The molecule has 0 fully saturated rings. The van der Waals surface area contributed by atoms with Crippen LogP contribution in [0.5, 0.6) is 5.75 Å². The van der Waals surface area contributed by atoms with Crippen molar-refractivity contribution in [2.45, 2.75) is 26.8 Å². The Labute approximate surface area is 119 Å². The van der Waals surface area contributed by atoms with Crippen molar-refractivity contribution in [2.24, 2.45) is 14.1 Å². The zero-order valence-electron chi connectivity index (χ0n) is 13.1. The second kappa shape index (κ2) is 5.66. The van der Waals surface area contributed by atoms with Gasteiger partial charge in [-0.1, -0.05) is 6.92 Å². The van der Waals surface area contributed by atoms with Gasteiger partial charge in [0.2, 0.25) is 0 Å². The molecule has 6 heteroatoms. The molecule has 0 radical (unpaired) electrons. The monoisotopic (exact) mass is 277 g/mol. The highest BCUT2D eigenvalue weighted by atomic mass is 16.5. The molecule has 0 aliphatic carbocycles. The van der Waals surface area contributed by atoms with Crippen molar-refractivity contribution in [3.8, 4) is 5.75 Å². The maximum absolute atomic E-state index is 5.45. The number of rotatable bonds is 5. The number of ether oxygens (including phenoxy) is 1. The molecule has 6 nitrogen and oxygen atoms in total. The minimum atomic E-state index is 0.0242. The molecule has 0 amide bonds. The van der Waals surface area contributed by atoms with Gasteiger partial charge in [-0.15, -0.1) is 0 Å². The molecule has 1 N–H and O–H groups in total. The standard InChI is InChI=1S/C14H23N5O/c1-7-15-13(12-9(2)17-18(4)10(12)3)14-11(20-6)8-16-19(14)5/h8,13,15H,7H2,1-6H3. The highest BCUT2D eigenvalue weighted by Crippen LogP contribution is 2.32. The summed E-state index contributed by atoms with van der Waals surface area (Å²) in [5, 5.41) is 12.3. The zero-order chi connectivity index (χ0) is 14.9. The third-order valence-electron chi connectivity index (χ3n) is 3.70. The molecule has 0 aliphatic heterocycles. The first kappa shape index (κ1) is 14.6. The second-order valence-electron chi connectivity index (χ2n) is 4.92.